The van der Waals surface area contributed by atoms with Crippen LogP contribution >= 0.6 is 0 Å². The van der Waals surface area contributed by atoms with E-state index in [9.17, 15) is 14.4 Å². The van der Waals surface area contributed by atoms with E-state index < -0.39 is 11.9 Å². The molecule has 0 bridgehead atoms. The van der Waals surface area contributed by atoms with Gasteiger partial charge in [0.2, 0.25) is 11.8 Å². The number of aliphatic carboxylic acids is 1. The van der Waals surface area contributed by atoms with Crippen molar-refractivity contribution in [1.82, 2.24) is 10.6 Å². The molecule has 0 aliphatic heterocycles. The Hall–Kier alpha value is -1.59. The highest BCUT2D eigenvalue weighted by Crippen LogP contribution is 2.04. The van der Waals surface area contributed by atoms with Crippen molar-refractivity contribution in [2.24, 2.45) is 5.92 Å². The van der Waals surface area contributed by atoms with Crippen LogP contribution in [0.3, 0.4) is 0 Å². The highest BCUT2D eigenvalue weighted by atomic mass is 16.4. The Labute approximate surface area is 101 Å². The van der Waals surface area contributed by atoms with E-state index in [-0.39, 0.29) is 31.3 Å². The molecule has 6 nitrogen and oxygen atoms in total. The molecule has 0 radical (unpaired) electrons. The summed E-state index contributed by atoms with van der Waals surface area (Å²) in [5, 5.41) is 13.9. The van der Waals surface area contributed by atoms with Crippen molar-refractivity contribution in [2.45, 2.75) is 33.1 Å². The van der Waals surface area contributed by atoms with Gasteiger partial charge in [0.25, 0.3) is 0 Å². The zero-order valence-corrected chi connectivity index (χ0v) is 10.3. The molecule has 0 saturated carbocycles. The van der Waals surface area contributed by atoms with Gasteiger partial charge in [0.05, 0.1) is 5.92 Å². The smallest absolute Gasteiger partial charge is 0.308 e. The summed E-state index contributed by atoms with van der Waals surface area (Å²) in [5.74, 6) is -1.87. The minimum atomic E-state index is -0.894. The van der Waals surface area contributed by atoms with Gasteiger partial charge < -0.3 is 15.7 Å². The Kier molecular flexibility index (Phi) is 7.75. The van der Waals surface area contributed by atoms with Gasteiger partial charge in [-0.2, -0.15) is 0 Å². The predicted molar refractivity (Wildman–Crippen MR) is 62.3 cm³/mol. The van der Waals surface area contributed by atoms with Crippen LogP contribution in [-0.2, 0) is 14.4 Å². The average Bonchev–Trinajstić information content (AvgIpc) is 2.23. The van der Waals surface area contributed by atoms with Gasteiger partial charge >= 0.3 is 5.97 Å². The van der Waals surface area contributed by atoms with Crippen molar-refractivity contribution in [3.63, 3.8) is 0 Å². The molecular weight excluding hydrogens is 224 g/mol. The number of carboxylic acids is 1. The molecule has 3 N–H and O–H groups in total. The minimum Gasteiger partial charge on any atom is -0.481 e. The maximum absolute atomic E-state index is 11.3. The number of hydrogen-bond donors (Lipinski definition) is 3. The molecular formula is C11H20N2O4. The Balaban J connectivity index is 3.80. The van der Waals surface area contributed by atoms with Crippen molar-refractivity contribution < 1.29 is 19.5 Å². The first-order valence-corrected chi connectivity index (χ1v) is 5.71. The van der Waals surface area contributed by atoms with E-state index in [0.717, 1.165) is 6.42 Å². The van der Waals surface area contributed by atoms with E-state index in [1.165, 1.54) is 6.92 Å². The van der Waals surface area contributed by atoms with Crippen LogP contribution in [0, 0.1) is 5.92 Å². The number of carbonyl (C=O) groups excluding carboxylic acids is 2. The second kappa shape index (κ2) is 8.55. The second-order valence-electron chi connectivity index (χ2n) is 3.86. The number of carbonyl (C=O) groups is 3. The first-order chi connectivity index (χ1) is 7.97. The lowest BCUT2D eigenvalue weighted by Gasteiger charge is -2.12. The number of amides is 2. The van der Waals surface area contributed by atoms with Crippen molar-refractivity contribution >= 4 is 17.8 Å². The molecule has 2 amide bonds. The summed E-state index contributed by atoms with van der Waals surface area (Å²) in [4.78, 5) is 32.6. The summed E-state index contributed by atoms with van der Waals surface area (Å²) in [6, 6.07) is 0. The molecule has 0 spiro atoms. The van der Waals surface area contributed by atoms with Crippen molar-refractivity contribution in [3.8, 4) is 0 Å². The first kappa shape index (κ1) is 15.4. The average molecular weight is 244 g/mol. The molecule has 0 heterocycles. The minimum absolute atomic E-state index is 0.141. The lowest BCUT2D eigenvalue weighted by atomic mass is 10.0. The van der Waals surface area contributed by atoms with Gasteiger partial charge in [-0.3, -0.25) is 14.4 Å². The molecule has 1 atom stereocenters. The lowest BCUT2D eigenvalue weighted by molar-refractivity contribution is -0.142. The number of rotatable bonds is 8. The van der Waals surface area contributed by atoms with Gasteiger partial charge in [-0.1, -0.05) is 13.3 Å². The van der Waals surface area contributed by atoms with Gasteiger partial charge in [-0.05, 0) is 6.42 Å². The normalized spacial score (nSPS) is 11.6. The first-order valence-electron chi connectivity index (χ1n) is 5.71. The highest BCUT2D eigenvalue weighted by Gasteiger charge is 2.16. The quantitative estimate of drug-likeness (QED) is 0.565. The molecule has 98 valence electrons. The van der Waals surface area contributed by atoms with E-state index in [1.54, 1.807) is 0 Å². The standard InChI is InChI=1S/C11H20N2O4/c1-3-4-9(11(16)17)7-13-10(15)5-6-12-8(2)14/h9H,3-7H2,1-2H3,(H,12,14)(H,13,15)(H,16,17). The molecule has 0 rings (SSSR count). The van der Waals surface area contributed by atoms with Crippen molar-refractivity contribution in [2.75, 3.05) is 13.1 Å². The third-order valence-electron chi connectivity index (χ3n) is 2.26. The molecule has 0 aromatic heterocycles. The molecule has 0 saturated heterocycles. The Morgan fingerprint density at radius 3 is 2.35 bits per heavy atom. The third kappa shape index (κ3) is 8.24. The molecule has 0 aliphatic carbocycles. The van der Waals surface area contributed by atoms with Crippen LogP contribution in [0.2, 0.25) is 0 Å². The molecule has 0 fully saturated rings. The van der Waals surface area contributed by atoms with Crippen LogP contribution in [0.15, 0.2) is 0 Å². The molecule has 0 aromatic rings. The van der Waals surface area contributed by atoms with Crippen LogP contribution in [-0.4, -0.2) is 36.0 Å². The summed E-state index contributed by atoms with van der Waals surface area (Å²) in [7, 11) is 0. The van der Waals surface area contributed by atoms with Crippen LogP contribution in [0.4, 0.5) is 0 Å². The number of carboxylic acid groups (broad SMARTS) is 1. The summed E-state index contributed by atoms with van der Waals surface area (Å²) >= 11 is 0. The zero-order chi connectivity index (χ0) is 13.3. The van der Waals surface area contributed by atoms with Gasteiger partial charge in [0, 0.05) is 26.4 Å². The van der Waals surface area contributed by atoms with E-state index in [2.05, 4.69) is 10.6 Å². The van der Waals surface area contributed by atoms with Crippen LogP contribution in [0.1, 0.15) is 33.1 Å². The number of nitrogens with one attached hydrogen (secondary N) is 2. The topological polar surface area (TPSA) is 95.5 Å². The van der Waals surface area contributed by atoms with E-state index in [0.29, 0.717) is 6.42 Å². The van der Waals surface area contributed by atoms with Gasteiger partial charge in [0.1, 0.15) is 0 Å². The molecule has 1 unspecified atom stereocenters. The molecule has 0 aromatic carbocycles. The monoisotopic (exact) mass is 244 g/mol. The highest BCUT2D eigenvalue weighted by molar-refractivity contribution is 5.78. The van der Waals surface area contributed by atoms with Crippen LogP contribution in [0.25, 0.3) is 0 Å². The Morgan fingerprint density at radius 2 is 1.88 bits per heavy atom. The fourth-order valence-corrected chi connectivity index (χ4v) is 1.34. The van der Waals surface area contributed by atoms with E-state index in [1.807, 2.05) is 6.92 Å². The largest absolute Gasteiger partial charge is 0.481 e. The summed E-state index contributed by atoms with van der Waals surface area (Å²) < 4.78 is 0. The van der Waals surface area contributed by atoms with E-state index >= 15 is 0 Å². The summed E-state index contributed by atoms with van der Waals surface area (Å²) in [5.41, 5.74) is 0. The van der Waals surface area contributed by atoms with Gasteiger partial charge in [-0.25, -0.2) is 0 Å². The van der Waals surface area contributed by atoms with Crippen molar-refractivity contribution in [3.05, 3.63) is 0 Å². The van der Waals surface area contributed by atoms with Crippen molar-refractivity contribution in [1.29, 1.82) is 0 Å². The van der Waals surface area contributed by atoms with Crippen LogP contribution in [0.5, 0.6) is 0 Å². The predicted octanol–water partition coefficient (Wildman–Crippen LogP) is 0.130. The number of hydrogen-bond acceptors (Lipinski definition) is 3. The summed E-state index contributed by atoms with van der Waals surface area (Å²) in [6.45, 7) is 3.68. The summed E-state index contributed by atoms with van der Waals surface area (Å²) in [6.07, 6.45) is 1.47. The second-order valence-corrected chi connectivity index (χ2v) is 3.86. The van der Waals surface area contributed by atoms with E-state index in [4.69, 9.17) is 5.11 Å². The fourth-order valence-electron chi connectivity index (χ4n) is 1.34. The molecule has 0 aliphatic rings. The molecule has 6 heteroatoms. The third-order valence-corrected chi connectivity index (χ3v) is 2.26. The molecule has 17 heavy (non-hydrogen) atoms. The Bertz CT molecular complexity index is 279. The maximum atomic E-state index is 11.3. The van der Waals surface area contributed by atoms with Gasteiger partial charge in [-0.15, -0.1) is 0 Å². The Morgan fingerprint density at radius 1 is 1.24 bits per heavy atom. The van der Waals surface area contributed by atoms with Gasteiger partial charge in [0.15, 0.2) is 0 Å². The fraction of sp³-hybridized carbons (Fsp3) is 0.727. The van der Waals surface area contributed by atoms with Crippen LogP contribution < -0.4 is 10.6 Å². The lowest BCUT2D eigenvalue weighted by Crippen LogP contribution is -2.35. The SMILES string of the molecule is CCCC(CNC(=O)CCNC(C)=O)C(=O)O. The maximum Gasteiger partial charge on any atom is 0.308 e. The zero-order valence-electron chi connectivity index (χ0n) is 10.3.